The fourth-order valence-corrected chi connectivity index (χ4v) is 4.92. The first kappa shape index (κ1) is 26.2. The molecule has 5 aromatic rings. The van der Waals surface area contributed by atoms with Crippen molar-refractivity contribution in [2.45, 2.75) is 45.7 Å². The normalized spacial score (nSPS) is 11.8. The predicted molar refractivity (Wildman–Crippen MR) is 158 cm³/mol. The second kappa shape index (κ2) is 12.4. The molecule has 0 saturated carbocycles. The number of amides is 1. The highest BCUT2D eigenvalue weighted by atomic mass is 16.5. The first-order valence-electron chi connectivity index (χ1n) is 13.7. The fourth-order valence-electron chi connectivity index (χ4n) is 4.92. The number of ether oxygens (including phenoxy) is 1. The van der Waals surface area contributed by atoms with Crippen molar-refractivity contribution >= 4 is 16.9 Å². The van der Waals surface area contributed by atoms with Crippen LogP contribution in [0.4, 0.5) is 0 Å². The first-order valence-corrected chi connectivity index (χ1v) is 13.7. The lowest BCUT2D eigenvalue weighted by Crippen LogP contribution is -2.30. The van der Waals surface area contributed by atoms with E-state index in [1.807, 2.05) is 73.7 Å². The van der Waals surface area contributed by atoms with Crippen LogP contribution in [0.1, 0.15) is 42.8 Å². The second-order valence-electron chi connectivity index (χ2n) is 9.96. The Balaban J connectivity index is 1.20. The molecule has 1 unspecified atom stereocenters. The number of nitrogens with zero attached hydrogens (tertiary/aromatic N) is 2. The van der Waals surface area contributed by atoms with Crippen LogP contribution >= 0.6 is 0 Å². The van der Waals surface area contributed by atoms with E-state index in [4.69, 9.17) is 9.72 Å². The summed E-state index contributed by atoms with van der Waals surface area (Å²) in [5, 5.41) is 3.17. The third-order valence-corrected chi connectivity index (χ3v) is 7.00. The van der Waals surface area contributed by atoms with Crippen molar-refractivity contribution in [1.82, 2.24) is 14.9 Å². The number of unbranched alkanes of at least 4 members (excludes halogenated alkanes) is 1. The van der Waals surface area contributed by atoms with E-state index in [0.29, 0.717) is 13.0 Å². The van der Waals surface area contributed by atoms with Gasteiger partial charge >= 0.3 is 0 Å². The Morgan fingerprint density at radius 3 is 2.33 bits per heavy atom. The summed E-state index contributed by atoms with van der Waals surface area (Å²) in [5.41, 5.74) is 6.48. The van der Waals surface area contributed by atoms with Crippen molar-refractivity contribution in [2.75, 3.05) is 6.61 Å². The van der Waals surface area contributed by atoms with Crippen molar-refractivity contribution in [1.29, 1.82) is 0 Å². The number of hydrogen-bond donors (Lipinski definition) is 1. The number of aromatic nitrogens is 2. The van der Waals surface area contributed by atoms with Crippen LogP contribution in [0, 0.1) is 6.92 Å². The summed E-state index contributed by atoms with van der Waals surface area (Å²) >= 11 is 0. The van der Waals surface area contributed by atoms with Gasteiger partial charge < -0.3 is 14.6 Å². The maximum absolute atomic E-state index is 13.0. The van der Waals surface area contributed by atoms with Crippen LogP contribution < -0.4 is 10.1 Å². The SMILES string of the molecule is Cc1ccccc1OCCCCn1c(C(C)NC(=O)Cc2ccc(-c3ccccc3)cc2)nc2ccccc21. The van der Waals surface area contributed by atoms with E-state index in [1.165, 1.54) is 5.56 Å². The van der Waals surface area contributed by atoms with Crippen molar-refractivity contribution in [2.24, 2.45) is 0 Å². The zero-order valence-electron chi connectivity index (χ0n) is 22.6. The monoisotopic (exact) mass is 517 g/mol. The number of benzene rings is 4. The molecule has 5 nitrogen and oxygen atoms in total. The van der Waals surface area contributed by atoms with Crippen molar-refractivity contribution in [3.63, 3.8) is 0 Å². The molecule has 1 heterocycles. The van der Waals surface area contributed by atoms with Gasteiger partial charge in [0.2, 0.25) is 5.91 Å². The highest BCUT2D eigenvalue weighted by Gasteiger charge is 2.18. The zero-order chi connectivity index (χ0) is 27.0. The number of rotatable bonds is 11. The third kappa shape index (κ3) is 6.55. The smallest absolute Gasteiger partial charge is 0.224 e. The van der Waals surface area contributed by atoms with Crippen LogP contribution in [0.25, 0.3) is 22.2 Å². The number of carbonyl (C=O) groups is 1. The summed E-state index contributed by atoms with van der Waals surface area (Å²) in [6.45, 7) is 5.56. The number of para-hydroxylation sites is 3. The standard InChI is InChI=1S/C34H35N3O2/c1-25-12-6-9-17-32(25)39-23-11-10-22-37-31-16-8-7-15-30(31)36-34(37)26(2)35-33(38)24-27-18-20-29(21-19-27)28-13-4-3-5-14-28/h3-9,12-21,26H,10-11,22-24H2,1-2H3,(H,35,38). The molecule has 1 N–H and O–H groups in total. The topological polar surface area (TPSA) is 56.1 Å². The number of imidazole rings is 1. The zero-order valence-corrected chi connectivity index (χ0v) is 22.6. The Labute approximate surface area is 230 Å². The molecule has 0 radical (unpaired) electrons. The van der Waals surface area contributed by atoms with Gasteiger partial charge in [-0.2, -0.15) is 0 Å². The molecule has 1 atom stereocenters. The van der Waals surface area contributed by atoms with Gasteiger partial charge in [0.05, 0.1) is 30.1 Å². The van der Waals surface area contributed by atoms with Crippen molar-refractivity contribution in [3.05, 3.63) is 120 Å². The van der Waals surface area contributed by atoms with Crippen molar-refractivity contribution in [3.8, 4) is 16.9 Å². The molecular formula is C34H35N3O2. The highest BCUT2D eigenvalue weighted by molar-refractivity contribution is 5.80. The summed E-state index contributed by atoms with van der Waals surface area (Å²) in [5.74, 6) is 1.81. The van der Waals surface area contributed by atoms with Gasteiger partial charge in [0, 0.05) is 6.54 Å². The molecule has 5 heteroatoms. The Morgan fingerprint density at radius 1 is 0.846 bits per heavy atom. The molecule has 0 spiro atoms. The van der Waals surface area contributed by atoms with Crippen molar-refractivity contribution < 1.29 is 9.53 Å². The van der Waals surface area contributed by atoms with Gasteiger partial charge in [0.15, 0.2) is 0 Å². The molecule has 0 aliphatic carbocycles. The van der Waals surface area contributed by atoms with Crippen LogP contribution in [-0.4, -0.2) is 22.1 Å². The lowest BCUT2D eigenvalue weighted by Gasteiger charge is -2.17. The fraction of sp³-hybridized carbons (Fsp3) is 0.235. The molecule has 0 aliphatic rings. The minimum Gasteiger partial charge on any atom is -0.493 e. The molecule has 0 saturated heterocycles. The molecule has 0 fully saturated rings. The van der Waals surface area contributed by atoms with Gasteiger partial charge in [-0.15, -0.1) is 0 Å². The highest BCUT2D eigenvalue weighted by Crippen LogP contribution is 2.23. The second-order valence-corrected chi connectivity index (χ2v) is 9.96. The average Bonchev–Trinajstić information content (AvgIpc) is 3.33. The molecule has 5 rings (SSSR count). The third-order valence-electron chi connectivity index (χ3n) is 7.00. The van der Waals surface area contributed by atoms with E-state index in [9.17, 15) is 4.79 Å². The van der Waals surface area contributed by atoms with Gasteiger partial charge in [-0.1, -0.05) is 84.9 Å². The molecule has 0 bridgehead atoms. The summed E-state index contributed by atoms with van der Waals surface area (Å²) in [6, 6.07) is 34.5. The van der Waals surface area contributed by atoms with Crippen LogP contribution in [-0.2, 0) is 17.8 Å². The molecule has 1 amide bonds. The summed E-state index contributed by atoms with van der Waals surface area (Å²) in [4.78, 5) is 17.9. The van der Waals surface area contributed by atoms with Crippen LogP contribution in [0.15, 0.2) is 103 Å². The van der Waals surface area contributed by atoms with E-state index in [0.717, 1.165) is 58.7 Å². The number of fused-ring (bicyclic) bond motifs is 1. The maximum Gasteiger partial charge on any atom is 0.224 e. The Bertz CT molecular complexity index is 1520. The number of hydrogen-bond acceptors (Lipinski definition) is 3. The Hall–Kier alpha value is -4.38. The Morgan fingerprint density at radius 2 is 1.54 bits per heavy atom. The van der Waals surface area contributed by atoms with Crippen LogP contribution in [0.3, 0.4) is 0 Å². The largest absolute Gasteiger partial charge is 0.493 e. The maximum atomic E-state index is 13.0. The molecule has 4 aromatic carbocycles. The van der Waals surface area contributed by atoms with Gasteiger partial charge in [0.25, 0.3) is 0 Å². The van der Waals surface area contributed by atoms with E-state index in [2.05, 4.69) is 53.2 Å². The minimum absolute atomic E-state index is 0.0137. The average molecular weight is 518 g/mol. The van der Waals surface area contributed by atoms with E-state index >= 15 is 0 Å². The molecule has 198 valence electrons. The van der Waals surface area contributed by atoms with E-state index in [1.54, 1.807) is 0 Å². The predicted octanol–water partition coefficient (Wildman–Crippen LogP) is 7.29. The number of aryl methyl sites for hydroxylation is 2. The van der Waals surface area contributed by atoms with E-state index in [-0.39, 0.29) is 11.9 Å². The summed E-state index contributed by atoms with van der Waals surface area (Å²) in [6.07, 6.45) is 2.21. The van der Waals surface area contributed by atoms with Crippen LogP contribution in [0.5, 0.6) is 5.75 Å². The number of nitrogens with one attached hydrogen (secondary N) is 1. The van der Waals surface area contributed by atoms with Gasteiger partial charge in [-0.3, -0.25) is 4.79 Å². The number of carbonyl (C=O) groups excluding carboxylic acids is 1. The molecule has 39 heavy (non-hydrogen) atoms. The van der Waals surface area contributed by atoms with Gasteiger partial charge in [-0.25, -0.2) is 4.98 Å². The molecule has 0 aliphatic heterocycles. The summed E-state index contributed by atoms with van der Waals surface area (Å²) in [7, 11) is 0. The molecule has 1 aromatic heterocycles. The quantitative estimate of drug-likeness (QED) is 0.187. The summed E-state index contributed by atoms with van der Waals surface area (Å²) < 4.78 is 8.22. The van der Waals surface area contributed by atoms with Gasteiger partial charge in [0.1, 0.15) is 11.6 Å². The lowest BCUT2D eigenvalue weighted by molar-refractivity contribution is -0.121. The van der Waals surface area contributed by atoms with Gasteiger partial charge in [-0.05, 0) is 67.1 Å². The Kier molecular flexibility index (Phi) is 8.37. The first-order chi connectivity index (χ1) is 19.1. The lowest BCUT2D eigenvalue weighted by atomic mass is 10.0. The molecular weight excluding hydrogens is 482 g/mol. The minimum atomic E-state index is -0.211. The van der Waals surface area contributed by atoms with Crippen LogP contribution in [0.2, 0.25) is 0 Å². The van der Waals surface area contributed by atoms with E-state index < -0.39 is 0 Å².